The summed E-state index contributed by atoms with van der Waals surface area (Å²) in [7, 11) is 3.57. The molecule has 2 rings (SSSR count). The minimum atomic E-state index is -0.00682. The van der Waals surface area contributed by atoms with Gasteiger partial charge in [0.15, 0.2) is 0 Å². The first-order valence-electron chi connectivity index (χ1n) is 12.8. The monoisotopic (exact) mass is 470 g/mol. The lowest BCUT2D eigenvalue weighted by atomic mass is 9.78. The molecule has 0 aromatic heterocycles. The van der Waals surface area contributed by atoms with Crippen LogP contribution in [0.4, 0.5) is 0 Å². The van der Waals surface area contributed by atoms with Gasteiger partial charge in [0.1, 0.15) is 0 Å². The maximum absolute atomic E-state index is 6.14. The largest absolute Gasteiger partial charge is 0.378 e. The molecule has 0 bridgehead atoms. The van der Waals surface area contributed by atoms with E-state index in [0.29, 0.717) is 24.2 Å². The van der Waals surface area contributed by atoms with E-state index in [2.05, 4.69) is 90.0 Å². The van der Waals surface area contributed by atoms with Crippen LogP contribution in [0.3, 0.4) is 0 Å². The summed E-state index contributed by atoms with van der Waals surface area (Å²) in [6.07, 6.45) is 4.22. The van der Waals surface area contributed by atoms with E-state index in [1.54, 1.807) is 14.2 Å². The number of hydrogen-bond acceptors (Lipinski definition) is 7. The number of nitrogens with one attached hydrogen (secondary N) is 2. The predicted octanol–water partition coefficient (Wildman–Crippen LogP) is 4.13. The maximum Gasteiger partial charge on any atom is 0.0617 e. The summed E-state index contributed by atoms with van der Waals surface area (Å²) in [5.74, 6) is 0. The lowest BCUT2D eigenvalue weighted by Crippen LogP contribution is -2.64. The summed E-state index contributed by atoms with van der Waals surface area (Å²) < 4.78 is 6.14. The van der Waals surface area contributed by atoms with Crippen LogP contribution in [0.2, 0.25) is 0 Å². The Hall–Kier alpha value is -0.280. The van der Waals surface area contributed by atoms with Gasteiger partial charge in [-0.3, -0.25) is 0 Å². The van der Waals surface area contributed by atoms with Crippen molar-refractivity contribution in [2.24, 2.45) is 0 Å². The van der Waals surface area contributed by atoms with Crippen molar-refractivity contribution >= 4 is 0 Å². The van der Waals surface area contributed by atoms with Crippen molar-refractivity contribution in [1.29, 1.82) is 0 Å². The average molecular weight is 471 g/mol. The third kappa shape index (κ3) is 7.35. The number of rotatable bonds is 10. The molecule has 2 N–H and O–H groups in total. The summed E-state index contributed by atoms with van der Waals surface area (Å²) in [6.45, 7) is 24.0. The Morgan fingerprint density at radius 3 is 1.15 bits per heavy atom. The van der Waals surface area contributed by atoms with Crippen molar-refractivity contribution in [3.63, 3.8) is 0 Å². The molecule has 7 nitrogen and oxygen atoms in total. The fourth-order valence-electron chi connectivity index (χ4n) is 7.07. The molecule has 0 aromatic carbocycles. The molecule has 0 amide bonds. The normalized spacial score (nSPS) is 28.0. The molecule has 0 saturated carbocycles. The molecule has 33 heavy (non-hydrogen) atoms. The first kappa shape index (κ1) is 29.0. The molecule has 2 aliphatic heterocycles. The molecule has 0 aliphatic carbocycles. The van der Waals surface area contributed by atoms with Crippen LogP contribution in [0.15, 0.2) is 0 Å². The second-order valence-electron chi connectivity index (χ2n) is 13.1. The van der Waals surface area contributed by atoms with Gasteiger partial charge in [0.05, 0.1) is 27.4 Å². The van der Waals surface area contributed by atoms with Gasteiger partial charge >= 0.3 is 0 Å². The first-order valence-corrected chi connectivity index (χ1v) is 12.8. The van der Waals surface area contributed by atoms with Crippen LogP contribution in [0, 0.1) is 0 Å². The van der Waals surface area contributed by atoms with Crippen LogP contribution >= 0.6 is 0 Å². The van der Waals surface area contributed by atoms with E-state index < -0.39 is 0 Å². The molecule has 196 valence electrons. The SMILES string of the molecule is CON1C(C)(C)CC(NC(C)COCC(C)NC2CC(C)(C)N(OC)C(C)(C)C2)CC1(C)C. The summed E-state index contributed by atoms with van der Waals surface area (Å²) >= 11 is 0. The Morgan fingerprint density at radius 2 is 0.909 bits per heavy atom. The molecule has 2 fully saturated rings. The number of nitrogens with zero attached hydrogens (tertiary/aromatic N) is 2. The van der Waals surface area contributed by atoms with E-state index in [1.165, 1.54) is 0 Å². The van der Waals surface area contributed by atoms with E-state index in [1.807, 2.05) is 0 Å². The third-order valence-electron chi connectivity index (χ3n) is 7.32. The predicted molar refractivity (Wildman–Crippen MR) is 136 cm³/mol. The van der Waals surface area contributed by atoms with Crippen LogP contribution in [-0.2, 0) is 14.4 Å². The fraction of sp³-hybridized carbons (Fsp3) is 1.00. The van der Waals surface area contributed by atoms with Crippen LogP contribution < -0.4 is 10.6 Å². The Morgan fingerprint density at radius 1 is 0.636 bits per heavy atom. The summed E-state index contributed by atoms with van der Waals surface area (Å²) in [5, 5.41) is 11.9. The highest BCUT2D eigenvalue weighted by atomic mass is 16.7. The van der Waals surface area contributed by atoms with Gasteiger partial charge in [0, 0.05) is 46.3 Å². The van der Waals surface area contributed by atoms with Crippen molar-refractivity contribution in [1.82, 2.24) is 20.8 Å². The molecule has 2 heterocycles. The highest BCUT2D eigenvalue weighted by molar-refractivity contribution is 5.00. The molecular weight excluding hydrogens is 416 g/mol. The Balaban J connectivity index is 1.78. The number of hydroxylamine groups is 4. The molecule has 2 aliphatic rings. The van der Waals surface area contributed by atoms with Gasteiger partial charge in [-0.2, -0.15) is 10.1 Å². The van der Waals surface area contributed by atoms with Crippen LogP contribution in [-0.4, -0.2) is 83.9 Å². The average Bonchev–Trinajstić information content (AvgIpc) is 2.57. The molecule has 2 unspecified atom stereocenters. The van der Waals surface area contributed by atoms with Crippen LogP contribution in [0.5, 0.6) is 0 Å². The van der Waals surface area contributed by atoms with Gasteiger partial charge in [0.25, 0.3) is 0 Å². The molecule has 7 heteroatoms. The molecule has 0 radical (unpaired) electrons. The lowest BCUT2D eigenvalue weighted by Gasteiger charge is -2.53. The summed E-state index contributed by atoms with van der Waals surface area (Å²) in [4.78, 5) is 11.5. The van der Waals surface area contributed by atoms with Gasteiger partial charge in [-0.1, -0.05) is 0 Å². The molecule has 2 atom stereocenters. The summed E-state index contributed by atoms with van der Waals surface area (Å²) in [5.41, 5.74) is -0.0273. The molecule has 0 spiro atoms. The minimum absolute atomic E-state index is 0.00682. The highest BCUT2D eigenvalue weighted by Crippen LogP contribution is 2.39. The van der Waals surface area contributed by atoms with E-state index in [4.69, 9.17) is 14.4 Å². The third-order valence-corrected chi connectivity index (χ3v) is 7.32. The van der Waals surface area contributed by atoms with Crippen LogP contribution in [0.25, 0.3) is 0 Å². The molecular formula is C26H54N4O3. The van der Waals surface area contributed by atoms with Crippen molar-refractivity contribution in [2.75, 3.05) is 27.4 Å². The zero-order valence-electron chi connectivity index (χ0n) is 23.7. The van der Waals surface area contributed by atoms with E-state index in [-0.39, 0.29) is 22.2 Å². The fourth-order valence-corrected chi connectivity index (χ4v) is 7.07. The first-order chi connectivity index (χ1) is 15.0. The number of ether oxygens (including phenoxy) is 1. The van der Waals surface area contributed by atoms with E-state index in [9.17, 15) is 0 Å². The van der Waals surface area contributed by atoms with Crippen molar-refractivity contribution in [3.05, 3.63) is 0 Å². The molecule has 0 aromatic rings. The minimum Gasteiger partial charge on any atom is -0.378 e. The lowest BCUT2D eigenvalue weighted by molar-refractivity contribution is -0.267. The second kappa shape index (κ2) is 10.8. The van der Waals surface area contributed by atoms with Crippen molar-refractivity contribution < 1.29 is 14.4 Å². The smallest absolute Gasteiger partial charge is 0.0617 e. The topological polar surface area (TPSA) is 58.2 Å². The quantitative estimate of drug-likeness (QED) is 0.498. The Kier molecular flexibility index (Phi) is 9.45. The Labute approximate surface area is 204 Å². The maximum atomic E-state index is 6.14. The van der Waals surface area contributed by atoms with Gasteiger partial charge < -0.3 is 25.0 Å². The van der Waals surface area contributed by atoms with E-state index in [0.717, 1.165) is 38.9 Å². The highest BCUT2D eigenvalue weighted by Gasteiger charge is 2.47. The van der Waals surface area contributed by atoms with Crippen molar-refractivity contribution in [3.8, 4) is 0 Å². The standard InChI is InChI=1S/C26H54N4O3/c1-19(27-21-13-23(3,4)29(31-11)24(5,6)14-21)17-33-18-20(2)28-22-15-25(7,8)30(32-12)26(9,10)16-22/h19-22,27-28H,13-18H2,1-12H3. The number of piperidine rings is 2. The second-order valence-corrected chi connectivity index (χ2v) is 13.1. The zero-order chi connectivity index (χ0) is 25.2. The van der Waals surface area contributed by atoms with E-state index >= 15 is 0 Å². The summed E-state index contributed by atoms with van der Waals surface area (Å²) in [6, 6.07) is 1.52. The van der Waals surface area contributed by atoms with Crippen LogP contribution in [0.1, 0.15) is 94.9 Å². The van der Waals surface area contributed by atoms with Gasteiger partial charge in [-0.15, -0.1) is 0 Å². The van der Waals surface area contributed by atoms with Gasteiger partial charge in [-0.05, 0) is 94.9 Å². The zero-order valence-corrected chi connectivity index (χ0v) is 23.7. The molecule has 2 saturated heterocycles. The van der Waals surface area contributed by atoms with Gasteiger partial charge in [0.2, 0.25) is 0 Å². The van der Waals surface area contributed by atoms with Crippen molar-refractivity contribution in [2.45, 2.75) is 141 Å². The number of hydrogen-bond donors (Lipinski definition) is 2. The van der Waals surface area contributed by atoms with Gasteiger partial charge in [-0.25, -0.2) is 0 Å². The Bertz CT molecular complexity index is 535.